The van der Waals surface area contributed by atoms with Crippen LogP contribution in [0, 0.1) is 5.92 Å². The van der Waals surface area contributed by atoms with Gasteiger partial charge < -0.3 is 15.4 Å². The standard InChI is InChI=1S/C19H21F3N4O3/c1-11(2)17(27)26-16-8-15(23-10-24-16)18(28)25-12(3)13-4-6-14(7-5-13)29-9-19(20,21)22/h4-8,10-12H,9H2,1-3H3,(H,25,28)(H,23,24,26,27). The fourth-order valence-corrected chi connectivity index (χ4v) is 2.19. The second kappa shape index (κ2) is 9.35. The van der Waals surface area contributed by atoms with Crippen LogP contribution in [0.5, 0.6) is 5.75 Å². The number of carbonyl (C=O) groups is 2. The number of alkyl halides is 3. The molecule has 1 aromatic carbocycles. The van der Waals surface area contributed by atoms with Crippen molar-refractivity contribution in [2.75, 3.05) is 11.9 Å². The van der Waals surface area contributed by atoms with Crippen LogP contribution < -0.4 is 15.4 Å². The maximum Gasteiger partial charge on any atom is 0.422 e. The summed E-state index contributed by atoms with van der Waals surface area (Å²) in [6, 6.07) is 6.83. The molecule has 1 atom stereocenters. The molecule has 1 unspecified atom stereocenters. The maximum atomic E-state index is 12.4. The number of nitrogens with one attached hydrogen (secondary N) is 2. The summed E-state index contributed by atoms with van der Waals surface area (Å²) in [5.41, 5.74) is 0.733. The van der Waals surface area contributed by atoms with E-state index in [1.165, 1.54) is 24.5 Å². The Labute approximate surface area is 165 Å². The van der Waals surface area contributed by atoms with Gasteiger partial charge in [0.1, 0.15) is 23.6 Å². The molecular formula is C19H21F3N4O3. The minimum atomic E-state index is -4.41. The minimum absolute atomic E-state index is 0.0658. The third-order valence-electron chi connectivity index (χ3n) is 3.81. The summed E-state index contributed by atoms with van der Waals surface area (Å²) in [4.78, 5) is 32.0. The van der Waals surface area contributed by atoms with Gasteiger partial charge in [-0.25, -0.2) is 9.97 Å². The van der Waals surface area contributed by atoms with Gasteiger partial charge in [-0.2, -0.15) is 13.2 Å². The zero-order chi connectivity index (χ0) is 21.6. The van der Waals surface area contributed by atoms with Crippen LogP contribution in [-0.2, 0) is 4.79 Å². The molecule has 156 valence electrons. The lowest BCUT2D eigenvalue weighted by Gasteiger charge is -2.15. The van der Waals surface area contributed by atoms with Crippen molar-refractivity contribution in [1.82, 2.24) is 15.3 Å². The van der Waals surface area contributed by atoms with Gasteiger partial charge in [-0.05, 0) is 24.6 Å². The highest BCUT2D eigenvalue weighted by Crippen LogP contribution is 2.21. The fourth-order valence-electron chi connectivity index (χ4n) is 2.19. The highest BCUT2D eigenvalue weighted by atomic mass is 19.4. The van der Waals surface area contributed by atoms with Crippen molar-refractivity contribution < 1.29 is 27.5 Å². The van der Waals surface area contributed by atoms with Crippen LogP contribution in [0.1, 0.15) is 42.9 Å². The average Bonchev–Trinajstić information content (AvgIpc) is 2.66. The molecule has 1 aromatic heterocycles. The molecule has 0 bridgehead atoms. The molecule has 0 fully saturated rings. The molecule has 0 radical (unpaired) electrons. The van der Waals surface area contributed by atoms with Crippen molar-refractivity contribution in [2.24, 2.45) is 5.92 Å². The van der Waals surface area contributed by atoms with Gasteiger partial charge in [0, 0.05) is 12.0 Å². The largest absolute Gasteiger partial charge is 0.484 e. The molecule has 0 saturated heterocycles. The van der Waals surface area contributed by atoms with Gasteiger partial charge in [0.15, 0.2) is 6.61 Å². The van der Waals surface area contributed by atoms with Crippen LogP contribution in [0.25, 0.3) is 0 Å². The molecule has 2 aromatic rings. The van der Waals surface area contributed by atoms with Crippen LogP contribution >= 0.6 is 0 Å². The van der Waals surface area contributed by atoms with E-state index in [2.05, 4.69) is 25.3 Å². The number of nitrogens with zero attached hydrogens (tertiary/aromatic N) is 2. The van der Waals surface area contributed by atoms with Crippen molar-refractivity contribution in [3.05, 3.63) is 47.9 Å². The number of benzene rings is 1. The van der Waals surface area contributed by atoms with Gasteiger partial charge in [-0.15, -0.1) is 0 Å². The van der Waals surface area contributed by atoms with Gasteiger partial charge >= 0.3 is 6.18 Å². The molecule has 0 aliphatic carbocycles. The van der Waals surface area contributed by atoms with E-state index in [0.29, 0.717) is 5.56 Å². The lowest BCUT2D eigenvalue weighted by atomic mass is 10.1. The predicted molar refractivity (Wildman–Crippen MR) is 99.4 cm³/mol. The Hall–Kier alpha value is -3.17. The number of hydrogen-bond donors (Lipinski definition) is 2. The summed E-state index contributed by atoms with van der Waals surface area (Å²) < 4.78 is 41.2. The first-order valence-electron chi connectivity index (χ1n) is 8.78. The summed E-state index contributed by atoms with van der Waals surface area (Å²) >= 11 is 0. The number of rotatable bonds is 7. The lowest BCUT2D eigenvalue weighted by Crippen LogP contribution is -2.28. The molecule has 2 amide bonds. The van der Waals surface area contributed by atoms with E-state index in [-0.39, 0.29) is 29.1 Å². The zero-order valence-corrected chi connectivity index (χ0v) is 16.1. The first-order chi connectivity index (χ1) is 13.5. The number of anilines is 1. The number of aromatic nitrogens is 2. The molecule has 0 spiro atoms. The molecule has 29 heavy (non-hydrogen) atoms. The molecule has 1 heterocycles. The van der Waals surface area contributed by atoms with Gasteiger partial charge in [0.25, 0.3) is 5.91 Å². The van der Waals surface area contributed by atoms with Crippen LogP contribution in [0.4, 0.5) is 19.0 Å². The first-order valence-corrected chi connectivity index (χ1v) is 8.78. The molecule has 2 rings (SSSR count). The SMILES string of the molecule is CC(C)C(=O)Nc1cc(C(=O)NC(C)c2ccc(OCC(F)(F)F)cc2)ncn1. The fraction of sp³-hybridized carbons (Fsp3) is 0.368. The number of carbonyl (C=O) groups excluding carboxylic acids is 2. The Balaban J connectivity index is 1.99. The minimum Gasteiger partial charge on any atom is -0.484 e. The Morgan fingerprint density at radius 3 is 2.34 bits per heavy atom. The molecule has 0 saturated carbocycles. The summed E-state index contributed by atoms with van der Waals surface area (Å²) in [7, 11) is 0. The maximum absolute atomic E-state index is 12.4. The third kappa shape index (κ3) is 7.05. The number of ether oxygens (including phenoxy) is 1. The quantitative estimate of drug-likeness (QED) is 0.729. The first kappa shape index (κ1) is 22.1. The second-order valence-corrected chi connectivity index (χ2v) is 6.60. The molecule has 0 aliphatic heterocycles. The number of amides is 2. The summed E-state index contributed by atoms with van der Waals surface area (Å²) in [5, 5.41) is 5.32. The van der Waals surface area contributed by atoms with Crippen LogP contribution in [-0.4, -0.2) is 34.6 Å². The van der Waals surface area contributed by atoms with Gasteiger partial charge in [0.05, 0.1) is 6.04 Å². The van der Waals surface area contributed by atoms with E-state index in [0.717, 1.165) is 0 Å². The Bertz CT molecular complexity index is 855. The van der Waals surface area contributed by atoms with Crippen molar-refractivity contribution in [2.45, 2.75) is 33.0 Å². The van der Waals surface area contributed by atoms with E-state index in [1.807, 2.05) is 0 Å². The number of halogens is 3. The molecule has 7 nitrogen and oxygen atoms in total. The highest BCUT2D eigenvalue weighted by molar-refractivity contribution is 5.95. The van der Waals surface area contributed by atoms with E-state index in [1.54, 1.807) is 32.9 Å². The monoisotopic (exact) mass is 410 g/mol. The summed E-state index contributed by atoms with van der Waals surface area (Å²) in [5.74, 6) is -0.687. The van der Waals surface area contributed by atoms with E-state index >= 15 is 0 Å². The van der Waals surface area contributed by atoms with Crippen molar-refractivity contribution in [3.8, 4) is 5.75 Å². The van der Waals surface area contributed by atoms with Gasteiger partial charge in [0.2, 0.25) is 5.91 Å². The molecule has 2 N–H and O–H groups in total. The second-order valence-electron chi connectivity index (χ2n) is 6.60. The summed E-state index contributed by atoms with van der Waals surface area (Å²) in [6.45, 7) is 3.80. The van der Waals surface area contributed by atoms with Crippen molar-refractivity contribution in [3.63, 3.8) is 0 Å². The van der Waals surface area contributed by atoms with Crippen LogP contribution in [0.15, 0.2) is 36.7 Å². The molecule has 10 heteroatoms. The molecular weight excluding hydrogens is 389 g/mol. The normalized spacial score (nSPS) is 12.4. The van der Waals surface area contributed by atoms with E-state index in [9.17, 15) is 22.8 Å². The smallest absolute Gasteiger partial charge is 0.422 e. The topological polar surface area (TPSA) is 93.2 Å². The Morgan fingerprint density at radius 2 is 1.76 bits per heavy atom. The lowest BCUT2D eigenvalue weighted by molar-refractivity contribution is -0.153. The van der Waals surface area contributed by atoms with Gasteiger partial charge in [-0.1, -0.05) is 26.0 Å². The average molecular weight is 410 g/mol. The summed E-state index contributed by atoms with van der Waals surface area (Å²) in [6.07, 6.45) is -3.24. The number of hydrogen-bond acceptors (Lipinski definition) is 5. The van der Waals surface area contributed by atoms with Crippen LogP contribution in [0.2, 0.25) is 0 Å². The zero-order valence-electron chi connectivity index (χ0n) is 16.1. The van der Waals surface area contributed by atoms with Gasteiger partial charge in [-0.3, -0.25) is 9.59 Å². The van der Waals surface area contributed by atoms with E-state index < -0.39 is 24.7 Å². The predicted octanol–water partition coefficient (Wildman–Crippen LogP) is 3.50. The van der Waals surface area contributed by atoms with Crippen molar-refractivity contribution >= 4 is 17.6 Å². The highest BCUT2D eigenvalue weighted by Gasteiger charge is 2.28. The molecule has 0 aliphatic rings. The Kier molecular flexibility index (Phi) is 7.13. The third-order valence-corrected chi connectivity index (χ3v) is 3.81. The Morgan fingerprint density at radius 1 is 1.10 bits per heavy atom. The van der Waals surface area contributed by atoms with Crippen molar-refractivity contribution in [1.29, 1.82) is 0 Å². The van der Waals surface area contributed by atoms with E-state index in [4.69, 9.17) is 0 Å². The van der Waals surface area contributed by atoms with Crippen LogP contribution in [0.3, 0.4) is 0 Å².